The highest BCUT2D eigenvalue weighted by atomic mass is 16.1. The molecule has 3 nitrogen and oxygen atoms in total. The van der Waals surface area contributed by atoms with Crippen LogP contribution in [0.5, 0.6) is 0 Å². The van der Waals surface area contributed by atoms with E-state index in [1.165, 1.54) is 6.42 Å². The first-order valence-corrected chi connectivity index (χ1v) is 7.73. The Hall–Kier alpha value is -1.51. The molecule has 1 aromatic carbocycles. The van der Waals surface area contributed by atoms with Gasteiger partial charge in [0.25, 0.3) is 5.91 Å². The molecule has 1 aliphatic rings. The lowest BCUT2D eigenvalue weighted by Crippen LogP contribution is -2.40. The number of hydrogen-bond donors (Lipinski definition) is 2. The zero-order valence-electron chi connectivity index (χ0n) is 12.8. The van der Waals surface area contributed by atoms with Gasteiger partial charge in [-0.15, -0.1) is 0 Å². The summed E-state index contributed by atoms with van der Waals surface area (Å²) in [4.78, 5) is 12.3. The lowest BCUT2D eigenvalue weighted by atomic mass is 9.80. The number of carbonyl (C=O) groups excluding carboxylic acids is 1. The fourth-order valence-corrected chi connectivity index (χ4v) is 3.28. The van der Waals surface area contributed by atoms with Gasteiger partial charge >= 0.3 is 0 Å². The number of rotatable bonds is 4. The standard InChI is InChI=1S/C17H26N2O/c1-4-18-15-7-5-14(6-8-15)17(20)19-16-10-12(2)9-13(3)11-16/h5-8,12-13,16,18H,4,9-11H2,1-3H3,(H,19,20). The highest BCUT2D eigenvalue weighted by Crippen LogP contribution is 2.28. The van der Waals surface area contributed by atoms with Crippen LogP contribution in [0.1, 0.15) is 50.4 Å². The van der Waals surface area contributed by atoms with E-state index in [1.54, 1.807) is 0 Å². The summed E-state index contributed by atoms with van der Waals surface area (Å²) in [6, 6.07) is 8.04. The minimum Gasteiger partial charge on any atom is -0.385 e. The monoisotopic (exact) mass is 274 g/mol. The van der Waals surface area contributed by atoms with E-state index in [4.69, 9.17) is 0 Å². The van der Waals surface area contributed by atoms with E-state index in [0.29, 0.717) is 17.9 Å². The number of carbonyl (C=O) groups is 1. The molecule has 0 saturated heterocycles. The highest BCUT2D eigenvalue weighted by molar-refractivity contribution is 5.94. The van der Waals surface area contributed by atoms with Crippen LogP contribution in [0.3, 0.4) is 0 Å². The van der Waals surface area contributed by atoms with Gasteiger partial charge in [0, 0.05) is 23.8 Å². The van der Waals surface area contributed by atoms with E-state index < -0.39 is 0 Å². The molecule has 1 saturated carbocycles. The number of anilines is 1. The Labute approximate surface area is 122 Å². The molecule has 2 unspecified atom stereocenters. The van der Waals surface area contributed by atoms with Crippen LogP contribution < -0.4 is 10.6 Å². The van der Waals surface area contributed by atoms with Gasteiger partial charge in [0.15, 0.2) is 0 Å². The van der Waals surface area contributed by atoms with Crippen molar-refractivity contribution >= 4 is 11.6 Å². The third-order valence-corrected chi connectivity index (χ3v) is 4.04. The summed E-state index contributed by atoms with van der Waals surface area (Å²) in [5.74, 6) is 1.47. The second kappa shape index (κ2) is 6.78. The van der Waals surface area contributed by atoms with Crippen LogP contribution >= 0.6 is 0 Å². The zero-order chi connectivity index (χ0) is 14.5. The van der Waals surface area contributed by atoms with Crippen LogP contribution in [0.4, 0.5) is 5.69 Å². The van der Waals surface area contributed by atoms with Gasteiger partial charge in [-0.05, 0) is 62.3 Å². The van der Waals surface area contributed by atoms with Crippen LogP contribution in [0.15, 0.2) is 24.3 Å². The molecule has 1 amide bonds. The van der Waals surface area contributed by atoms with Crippen LogP contribution in [0.2, 0.25) is 0 Å². The number of benzene rings is 1. The summed E-state index contributed by atoms with van der Waals surface area (Å²) in [6.07, 6.45) is 3.49. The van der Waals surface area contributed by atoms with Gasteiger partial charge in [-0.2, -0.15) is 0 Å². The van der Waals surface area contributed by atoms with Gasteiger partial charge < -0.3 is 10.6 Å². The molecule has 0 aliphatic heterocycles. The second-order valence-corrected chi connectivity index (χ2v) is 6.20. The van der Waals surface area contributed by atoms with E-state index in [-0.39, 0.29) is 5.91 Å². The van der Waals surface area contributed by atoms with Crippen LogP contribution in [0, 0.1) is 11.8 Å². The maximum absolute atomic E-state index is 12.3. The van der Waals surface area contributed by atoms with Crippen molar-refractivity contribution in [3.8, 4) is 0 Å². The van der Waals surface area contributed by atoms with Gasteiger partial charge in [0.1, 0.15) is 0 Å². The maximum atomic E-state index is 12.3. The Morgan fingerprint density at radius 1 is 1.10 bits per heavy atom. The average molecular weight is 274 g/mol. The molecule has 2 N–H and O–H groups in total. The van der Waals surface area contributed by atoms with E-state index in [9.17, 15) is 4.79 Å². The number of hydrogen-bond acceptors (Lipinski definition) is 2. The first kappa shape index (κ1) is 14.9. The Kier molecular flexibility index (Phi) is 5.05. The predicted octanol–water partition coefficient (Wildman–Crippen LogP) is 3.67. The van der Waals surface area contributed by atoms with Crippen LogP contribution in [0.25, 0.3) is 0 Å². The molecule has 0 heterocycles. The normalized spacial score (nSPS) is 26.1. The Morgan fingerprint density at radius 2 is 1.70 bits per heavy atom. The largest absolute Gasteiger partial charge is 0.385 e. The average Bonchev–Trinajstić information content (AvgIpc) is 2.38. The molecule has 20 heavy (non-hydrogen) atoms. The highest BCUT2D eigenvalue weighted by Gasteiger charge is 2.25. The van der Waals surface area contributed by atoms with Crippen molar-refractivity contribution in [2.24, 2.45) is 11.8 Å². The fourth-order valence-electron chi connectivity index (χ4n) is 3.28. The molecule has 0 aromatic heterocycles. The minimum atomic E-state index is 0.0550. The molecular formula is C17H26N2O. The lowest BCUT2D eigenvalue weighted by Gasteiger charge is -2.32. The number of nitrogens with one attached hydrogen (secondary N) is 2. The molecule has 1 fully saturated rings. The molecule has 2 atom stereocenters. The van der Waals surface area contributed by atoms with Crippen molar-refractivity contribution < 1.29 is 4.79 Å². The minimum absolute atomic E-state index is 0.0550. The SMILES string of the molecule is CCNc1ccc(C(=O)NC2CC(C)CC(C)C2)cc1. The van der Waals surface area contributed by atoms with E-state index >= 15 is 0 Å². The molecule has 110 valence electrons. The Morgan fingerprint density at radius 3 is 2.25 bits per heavy atom. The third kappa shape index (κ3) is 3.99. The van der Waals surface area contributed by atoms with E-state index in [1.807, 2.05) is 24.3 Å². The molecule has 3 heteroatoms. The molecule has 0 radical (unpaired) electrons. The van der Waals surface area contributed by atoms with Gasteiger partial charge in [0.2, 0.25) is 0 Å². The van der Waals surface area contributed by atoms with Crippen molar-refractivity contribution in [2.45, 2.75) is 46.1 Å². The zero-order valence-corrected chi connectivity index (χ0v) is 12.8. The van der Waals surface area contributed by atoms with Crippen molar-refractivity contribution in [3.63, 3.8) is 0 Å². The summed E-state index contributed by atoms with van der Waals surface area (Å²) < 4.78 is 0. The first-order chi connectivity index (χ1) is 9.58. The van der Waals surface area contributed by atoms with E-state index in [2.05, 4.69) is 31.4 Å². The number of amides is 1. The fraction of sp³-hybridized carbons (Fsp3) is 0.588. The third-order valence-electron chi connectivity index (χ3n) is 4.04. The molecule has 0 spiro atoms. The summed E-state index contributed by atoms with van der Waals surface area (Å²) in [5.41, 5.74) is 1.81. The van der Waals surface area contributed by atoms with Crippen molar-refractivity contribution in [2.75, 3.05) is 11.9 Å². The topological polar surface area (TPSA) is 41.1 Å². The van der Waals surface area contributed by atoms with Gasteiger partial charge in [-0.3, -0.25) is 4.79 Å². The van der Waals surface area contributed by atoms with Gasteiger partial charge in [-0.1, -0.05) is 13.8 Å². The smallest absolute Gasteiger partial charge is 0.251 e. The molecular weight excluding hydrogens is 248 g/mol. The molecule has 2 rings (SSSR count). The van der Waals surface area contributed by atoms with Crippen molar-refractivity contribution in [1.82, 2.24) is 5.32 Å². The quantitative estimate of drug-likeness (QED) is 0.879. The van der Waals surface area contributed by atoms with Gasteiger partial charge in [-0.25, -0.2) is 0 Å². The van der Waals surface area contributed by atoms with Crippen molar-refractivity contribution in [3.05, 3.63) is 29.8 Å². The van der Waals surface area contributed by atoms with E-state index in [0.717, 1.165) is 30.6 Å². The Bertz CT molecular complexity index is 431. The van der Waals surface area contributed by atoms with Crippen molar-refractivity contribution in [1.29, 1.82) is 0 Å². The van der Waals surface area contributed by atoms with Crippen LogP contribution in [-0.2, 0) is 0 Å². The lowest BCUT2D eigenvalue weighted by molar-refractivity contribution is 0.0911. The predicted molar refractivity (Wildman–Crippen MR) is 84.0 cm³/mol. The van der Waals surface area contributed by atoms with Crippen LogP contribution in [-0.4, -0.2) is 18.5 Å². The molecule has 0 bridgehead atoms. The first-order valence-electron chi connectivity index (χ1n) is 7.73. The Balaban J connectivity index is 1.93. The summed E-state index contributed by atoms with van der Waals surface area (Å²) in [5, 5.41) is 6.42. The van der Waals surface area contributed by atoms with Gasteiger partial charge in [0.05, 0.1) is 0 Å². The molecule has 1 aliphatic carbocycles. The summed E-state index contributed by atoms with van der Waals surface area (Å²) >= 11 is 0. The second-order valence-electron chi connectivity index (χ2n) is 6.20. The summed E-state index contributed by atoms with van der Waals surface area (Å²) in [6.45, 7) is 7.51. The maximum Gasteiger partial charge on any atom is 0.251 e. The molecule has 1 aromatic rings. The summed E-state index contributed by atoms with van der Waals surface area (Å²) in [7, 11) is 0.